The van der Waals surface area contributed by atoms with Gasteiger partial charge in [-0.2, -0.15) is 4.31 Å². The number of aryl methyl sites for hydroxylation is 2. The number of aromatic nitrogens is 1. The second kappa shape index (κ2) is 14.0. The molecule has 1 aliphatic rings. The molecule has 0 spiro atoms. The van der Waals surface area contributed by atoms with Crippen molar-refractivity contribution in [3.63, 3.8) is 0 Å². The topological polar surface area (TPSA) is 126 Å². The fourth-order valence-corrected chi connectivity index (χ4v) is 6.47. The standard InChI is InChI=1S/C29H46N4O7S/c1-19-16-33(20(2)18-34)29(35)25-15-24(31(6)7)12-13-26(25)39-21(3)11-9-10-14-38-27(19)17-32(8)41(36,37)28-22(4)30-40-23(28)5/h12-13,15,19-21,27,34H,9-11,14,16-18H2,1-8H3/t19-,20-,21+,27+/m1/s1. The first-order valence-electron chi connectivity index (χ1n) is 14.2. The van der Waals surface area contributed by atoms with Crippen LogP contribution >= 0.6 is 0 Å². The number of aliphatic hydroxyl groups is 1. The van der Waals surface area contributed by atoms with Gasteiger partial charge in [0.25, 0.3) is 5.91 Å². The van der Waals surface area contributed by atoms with Crippen LogP contribution in [0.1, 0.15) is 61.8 Å². The first kappa shape index (κ1) is 32.8. The molecule has 4 atom stereocenters. The van der Waals surface area contributed by atoms with Crippen LogP contribution in [0.4, 0.5) is 5.69 Å². The van der Waals surface area contributed by atoms with Crippen molar-refractivity contribution in [1.82, 2.24) is 14.4 Å². The molecule has 230 valence electrons. The summed E-state index contributed by atoms with van der Waals surface area (Å²) in [6, 6.07) is 5.08. The number of fused-ring (bicyclic) bond motifs is 1. The molecule has 0 saturated carbocycles. The van der Waals surface area contributed by atoms with Gasteiger partial charge in [0.15, 0.2) is 5.76 Å². The first-order chi connectivity index (χ1) is 19.3. The van der Waals surface area contributed by atoms with Gasteiger partial charge >= 0.3 is 0 Å². The van der Waals surface area contributed by atoms with Crippen LogP contribution in [0.5, 0.6) is 5.75 Å². The maximum Gasteiger partial charge on any atom is 0.258 e. The zero-order valence-electron chi connectivity index (χ0n) is 25.6. The van der Waals surface area contributed by atoms with E-state index in [-0.39, 0.29) is 48.3 Å². The summed E-state index contributed by atoms with van der Waals surface area (Å²) in [7, 11) is 1.44. The third kappa shape index (κ3) is 7.79. The number of hydrogen-bond acceptors (Lipinski definition) is 9. The van der Waals surface area contributed by atoms with Gasteiger partial charge < -0.3 is 28.9 Å². The predicted octanol–water partition coefficient (Wildman–Crippen LogP) is 3.47. The minimum Gasteiger partial charge on any atom is -0.490 e. The van der Waals surface area contributed by atoms with Crippen molar-refractivity contribution in [2.45, 2.75) is 77.0 Å². The fourth-order valence-electron chi connectivity index (χ4n) is 5.00. The summed E-state index contributed by atoms with van der Waals surface area (Å²) in [5.41, 5.74) is 1.57. The number of rotatable bonds is 7. The van der Waals surface area contributed by atoms with Gasteiger partial charge in [0, 0.05) is 52.4 Å². The number of carbonyl (C=O) groups is 1. The van der Waals surface area contributed by atoms with Crippen LogP contribution in [0.25, 0.3) is 0 Å². The summed E-state index contributed by atoms with van der Waals surface area (Å²) in [4.78, 5) is 17.7. The molecule has 1 aromatic carbocycles. The average Bonchev–Trinajstić information content (AvgIpc) is 3.27. The molecule has 0 unspecified atom stereocenters. The summed E-state index contributed by atoms with van der Waals surface area (Å²) in [6.45, 7) is 9.40. The molecule has 2 aromatic rings. The molecule has 12 heteroatoms. The molecule has 1 aliphatic heterocycles. The van der Waals surface area contributed by atoms with Crippen molar-refractivity contribution in [1.29, 1.82) is 0 Å². The summed E-state index contributed by atoms with van der Waals surface area (Å²) in [6.07, 6.45) is 1.76. The molecule has 0 saturated heterocycles. The number of anilines is 1. The van der Waals surface area contributed by atoms with Crippen molar-refractivity contribution < 1.29 is 32.3 Å². The maximum atomic E-state index is 14.1. The average molecular weight is 595 g/mol. The number of amides is 1. The number of aliphatic hydroxyl groups excluding tert-OH is 1. The highest BCUT2D eigenvalue weighted by atomic mass is 32.2. The minimum atomic E-state index is -3.89. The second-order valence-electron chi connectivity index (χ2n) is 11.3. The highest BCUT2D eigenvalue weighted by Gasteiger charge is 2.34. The molecule has 11 nitrogen and oxygen atoms in total. The Bertz CT molecular complexity index is 1260. The lowest BCUT2D eigenvalue weighted by Gasteiger charge is -2.35. The third-order valence-corrected chi connectivity index (χ3v) is 9.69. The Labute approximate surface area is 244 Å². The van der Waals surface area contributed by atoms with Crippen LogP contribution < -0.4 is 9.64 Å². The molecular formula is C29H46N4O7S. The van der Waals surface area contributed by atoms with Crippen LogP contribution in [0.3, 0.4) is 0 Å². The number of likely N-dealkylation sites (N-methyl/N-ethyl adjacent to an activating group) is 1. The molecule has 2 heterocycles. The third-order valence-electron chi connectivity index (χ3n) is 7.62. The van der Waals surface area contributed by atoms with E-state index < -0.39 is 22.2 Å². The molecule has 0 radical (unpaired) electrons. The number of carbonyl (C=O) groups excluding carboxylic acids is 1. The van der Waals surface area contributed by atoms with Gasteiger partial charge in [-0.25, -0.2) is 8.42 Å². The van der Waals surface area contributed by atoms with Gasteiger partial charge in [0.2, 0.25) is 10.0 Å². The lowest BCUT2D eigenvalue weighted by molar-refractivity contribution is -0.00835. The van der Waals surface area contributed by atoms with Crippen LogP contribution in [0.2, 0.25) is 0 Å². The Kier molecular flexibility index (Phi) is 11.2. The van der Waals surface area contributed by atoms with E-state index in [0.717, 1.165) is 24.9 Å². The molecular weight excluding hydrogens is 548 g/mol. The molecule has 1 aromatic heterocycles. The van der Waals surface area contributed by atoms with Gasteiger partial charge in [0.1, 0.15) is 16.3 Å². The van der Waals surface area contributed by atoms with Gasteiger partial charge in [-0.05, 0) is 65.2 Å². The van der Waals surface area contributed by atoms with Crippen LogP contribution in [0.15, 0.2) is 27.6 Å². The summed E-state index contributed by atoms with van der Waals surface area (Å²) in [5, 5.41) is 13.9. The highest BCUT2D eigenvalue weighted by molar-refractivity contribution is 7.89. The Morgan fingerprint density at radius 3 is 2.49 bits per heavy atom. The Hall–Kier alpha value is -2.67. The quantitative estimate of drug-likeness (QED) is 0.513. The monoisotopic (exact) mass is 594 g/mol. The lowest BCUT2D eigenvalue weighted by Crippen LogP contribution is -2.48. The lowest BCUT2D eigenvalue weighted by atomic mass is 10.0. The van der Waals surface area contributed by atoms with E-state index >= 15 is 0 Å². The molecule has 0 fully saturated rings. The van der Waals surface area contributed by atoms with Crippen molar-refractivity contribution in [2.75, 3.05) is 52.3 Å². The van der Waals surface area contributed by atoms with E-state index in [1.165, 1.54) is 11.4 Å². The Balaban J connectivity index is 1.98. The smallest absolute Gasteiger partial charge is 0.258 e. The number of benzene rings is 1. The Morgan fingerprint density at radius 2 is 1.88 bits per heavy atom. The van der Waals surface area contributed by atoms with E-state index in [4.69, 9.17) is 14.0 Å². The van der Waals surface area contributed by atoms with E-state index in [0.29, 0.717) is 23.6 Å². The van der Waals surface area contributed by atoms with Crippen LogP contribution in [-0.4, -0.2) is 99.5 Å². The number of sulfonamides is 1. The molecule has 0 bridgehead atoms. The summed E-state index contributed by atoms with van der Waals surface area (Å²) >= 11 is 0. The van der Waals surface area contributed by atoms with Gasteiger partial charge in [-0.1, -0.05) is 12.1 Å². The molecule has 0 aliphatic carbocycles. The van der Waals surface area contributed by atoms with Gasteiger partial charge in [-0.3, -0.25) is 4.79 Å². The zero-order valence-corrected chi connectivity index (χ0v) is 26.4. The second-order valence-corrected chi connectivity index (χ2v) is 13.3. The number of nitrogens with zero attached hydrogens (tertiary/aromatic N) is 4. The van der Waals surface area contributed by atoms with Crippen molar-refractivity contribution in [3.8, 4) is 5.75 Å². The van der Waals surface area contributed by atoms with E-state index in [1.807, 2.05) is 51.0 Å². The van der Waals surface area contributed by atoms with Crippen LogP contribution in [0, 0.1) is 19.8 Å². The zero-order chi connectivity index (χ0) is 30.5. The summed E-state index contributed by atoms with van der Waals surface area (Å²) in [5.74, 6) is 0.205. The van der Waals surface area contributed by atoms with Crippen molar-refractivity contribution in [2.24, 2.45) is 5.92 Å². The fraction of sp³-hybridized carbons (Fsp3) is 0.655. The normalized spacial score (nSPS) is 22.1. The minimum absolute atomic E-state index is 0.0570. The highest BCUT2D eigenvalue weighted by Crippen LogP contribution is 2.30. The van der Waals surface area contributed by atoms with E-state index in [2.05, 4.69) is 5.16 Å². The molecule has 3 rings (SSSR count). The Morgan fingerprint density at radius 1 is 1.17 bits per heavy atom. The van der Waals surface area contributed by atoms with Crippen LogP contribution in [-0.2, 0) is 14.8 Å². The predicted molar refractivity (Wildman–Crippen MR) is 157 cm³/mol. The summed E-state index contributed by atoms with van der Waals surface area (Å²) < 4.78 is 45.8. The largest absolute Gasteiger partial charge is 0.490 e. The maximum absolute atomic E-state index is 14.1. The number of hydrogen-bond donors (Lipinski definition) is 1. The number of ether oxygens (including phenoxy) is 2. The first-order valence-corrected chi connectivity index (χ1v) is 15.6. The van der Waals surface area contributed by atoms with Crippen molar-refractivity contribution >= 4 is 21.6 Å². The van der Waals surface area contributed by atoms with E-state index in [1.54, 1.807) is 25.7 Å². The van der Waals surface area contributed by atoms with Crippen molar-refractivity contribution in [3.05, 3.63) is 35.2 Å². The molecule has 1 amide bonds. The van der Waals surface area contributed by atoms with Gasteiger partial charge in [-0.15, -0.1) is 0 Å². The SMILES string of the molecule is Cc1noc(C)c1S(=O)(=O)N(C)C[C@@H]1OCCCC[C@H](C)Oc2ccc(N(C)C)cc2C(=O)N([C@H](C)CO)C[C@H]1C. The van der Waals surface area contributed by atoms with Gasteiger partial charge in [0.05, 0.1) is 30.4 Å². The van der Waals surface area contributed by atoms with E-state index in [9.17, 15) is 18.3 Å². The molecule has 41 heavy (non-hydrogen) atoms. The molecule has 1 N–H and O–H groups in total.